The molecule has 0 spiro atoms. The molecule has 2 rings (SSSR count). The van der Waals surface area contributed by atoms with E-state index in [1.165, 1.54) is 23.9 Å². The van der Waals surface area contributed by atoms with Crippen LogP contribution in [0.5, 0.6) is 5.75 Å². The standard InChI is InChI=1S/C16H14F3NO2S/c1-11-4-2-3-5-14(11)23-10-15(21)20-12-6-8-13(9-7-12)22-16(17,18)19/h2-9H,10H2,1H3,(H,20,21). The van der Waals surface area contributed by atoms with Crippen molar-refractivity contribution in [3.05, 3.63) is 54.1 Å². The summed E-state index contributed by atoms with van der Waals surface area (Å²) >= 11 is 1.40. The number of hydrogen-bond donors (Lipinski definition) is 1. The third-order valence-electron chi connectivity index (χ3n) is 2.82. The number of carbonyl (C=O) groups excluding carboxylic acids is 1. The minimum Gasteiger partial charge on any atom is -0.406 e. The minimum atomic E-state index is -4.73. The Labute approximate surface area is 135 Å². The van der Waals surface area contributed by atoms with Crippen LogP contribution in [0.3, 0.4) is 0 Å². The maximum Gasteiger partial charge on any atom is 0.573 e. The Morgan fingerprint density at radius 2 is 1.78 bits per heavy atom. The van der Waals surface area contributed by atoms with E-state index in [2.05, 4.69) is 10.1 Å². The molecule has 1 amide bonds. The van der Waals surface area contributed by atoms with E-state index >= 15 is 0 Å². The second kappa shape index (κ2) is 7.41. The predicted octanol–water partition coefficient (Wildman–Crippen LogP) is 4.62. The summed E-state index contributed by atoms with van der Waals surface area (Å²) in [5, 5.41) is 2.63. The zero-order valence-corrected chi connectivity index (χ0v) is 13.0. The van der Waals surface area contributed by atoms with Crippen molar-refractivity contribution in [1.29, 1.82) is 0 Å². The van der Waals surface area contributed by atoms with Crippen LogP contribution in [0.4, 0.5) is 18.9 Å². The first-order chi connectivity index (χ1) is 10.8. The third-order valence-corrected chi connectivity index (χ3v) is 4.00. The molecule has 0 saturated heterocycles. The van der Waals surface area contributed by atoms with Gasteiger partial charge in [0, 0.05) is 10.6 Å². The topological polar surface area (TPSA) is 38.3 Å². The van der Waals surface area contributed by atoms with Crippen LogP contribution >= 0.6 is 11.8 Å². The fourth-order valence-corrected chi connectivity index (χ4v) is 2.63. The van der Waals surface area contributed by atoms with Crippen molar-refractivity contribution in [3.63, 3.8) is 0 Å². The Hall–Kier alpha value is -2.15. The van der Waals surface area contributed by atoms with Gasteiger partial charge in [0.2, 0.25) is 5.91 Å². The van der Waals surface area contributed by atoms with Crippen molar-refractivity contribution < 1.29 is 22.7 Å². The van der Waals surface area contributed by atoms with Crippen LogP contribution in [-0.2, 0) is 4.79 Å². The van der Waals surface area contributed by atoms with Crippen LogP contribution in [-0.4, -0.2) is 18.0 Å². The Bertz CT molecular complexity index is 672. The van der Waals surface area contributed by atoms with Crippen LogP contribution < -0.4 is 10.1 Å². The number of anilines is 1. The van der Waals surface area contributed by atoms with E-state index in [1.807, 2.05) is 31.2 Å². The van der Waals surface area contributed by atoms with Gasteiger partial charge in [-0.25, -0.2) is 0 Å². The van der Waals surface area contributed by atoms with Gasteiger partial charge in [-0.1, -0.05) is 18.2 Å². The predicted molar refractivity (Wildman–Crippen MR) is 83.7 cm³/mol. The molecule has 0 atom stereocenters. The highest BCUT2D eigenvalue weighted by Crippen LogP contribution is 2.25. The number of halogens is 3. The van der Waals surface area contributed by atoms with Crippen LogP contribution in [0.2, 0.25) is 0 Å². The van der Waals surface area contributed by atoms with Gasteiger partial charge in [-0.15, -0.1) is 24.9 Å². The van der Waals surface area contributed by atoms with Crippen LogP contribution in [0.25, 0.3) is 0 Å². The molecule has 0 aliphatic heterocycles. The first-order valence-corrected chi connectivity index (χ1v) is 7.66. The number of aryl methyl sites for hydroxylation is 1. The summed E-state index contributed by atoms with van der Waals surface area (Å²) in [5.74, 6) is -0.349. The van der Waals surface area contributed by atoms with Crippen LogP contribution in [0, 0.1) is 6.92 Å². The Morgan fingerprint density at radius 1 is 1.13 bits per heavy atom. The lowest BCUT2D eigenvalue weighted by Gasteiger charge is -2.10. The van der Waals surface area contributed by atoms with E-state index in [0.717, 1.165) is 22.6 Å². The molecule has 0 bridgehead atoms. The zero-order valence-electron chi connectivity index (χ0n) is 12.2. The van der Waals surface area contributed by atoms with Gasteiger partial charge in [0.15, 0.2) is 0 Å². The highest BCUT2D eigenvalue weighted by molar-refractivity contribution is 8.00. The Balaban J connectivity index is 1.87. The fourth-order valence-electron chi connectivity index (χ4n) is 1.80. The van der Waals surface area contributed by atoms with Gasteiger partial charge in [-0.05, 0) is 42.8 Å². The summed E-state index contributed by atoms with van der Waals surface area (Å²) < 4.78 is 39.9. The lowest BCUT2D eigenvalue weighted by molar-refractivity contribution is -0.274. The molecule has 0 aliphatic rings. The van der Waals surface area contributed by atoms with Crippen molar-refractivity contribution >= 4 is 23.4 Å². The molecule has 122 valence electrons. The molecular weight excluding hydrogens is 327 g/mol. The Morgan fingerprint density at radius 3 is 2.39 bits per heavy atom. The molecular formula is C16H14F3NO2S. The molecule has 0 fully saturated rings. The van der Waals surface area contributed by atoms with Crippen molar-refractivity contribution in [2.45, 2.75) is 18.2 Å². The molecule has 0 unspecified atom stereocenters. The monoisotopic (exact) mass is 341 g/mol. The van der Waals surface area contributed by atoms with Gasteiger partial charge in [-0.3, -0.25) is 4.79 Å². The van der Waals surface area contributed by atoms with E-state index in [9.17, 15) is 18.0 Å². The average molecular weight is 341 g/mol. The number of nitrogens with one attached hydrogen (secondary N) is 1. The first kappa shape index (κ1) is 17.2. The minimum absolute atomic E-state index is 0.214. The van der Waals surface area contributed by atoms with Gasteiger partial charge in [0.05, 0.1) is 5.75 Å². The van der Waals surface area contributed by atoms with Crippen molar-refractivity contribution in [2.24, 2.45) is 0 Å². The van der Waals surface area contributed by atoms with E-state index in [1.54, 1.807) is 0 Å². The van der Waals surface area contributed by atoms with Crippen molar-refractivity contribution in [1.82, 2.24) is 0 Å². The molecule has 7 heteroatoms. The van der Waals surface area contributed by atoms with Crippen molar-refractivity contribution in [2.75, 3.05) is 11.1 Å². The number of hydrogen-bond acceptors (Lipinski definition) is 3. The lowest BCUT2D eigenvalue weighted by Crippen LogP contribution is -2.17. The quantitative estimate of drug-likeness (QED) is 0.806. The number of benzene rings is 2. The average Bonchev–Trinajstić information content (AvgIpc) is 2.47. The normalized spacial score (nSPS) is 11.1. The number of alkyl halides is 3. The lowest BCUT2D eigenvalue weighted by atomic mass is 10.2. The summed E-state index contributed by atoms with van der Waals surface area (Å²) in [6.45, 7) is 1.96. The molecule has 1 N–H and O–H groups in total. The van der Waals surface area contributed by atoms with Gasteiger partial charge in [-0.2, -0.15) is 0 Å². The zero-order chi connectivity index (χ0) is 16.9. The molecule has 0 heterocycles. The second-order valence-electron chi connectivity index (χ2n) is 4.67. The van der Waals surface area contributed by atoms with Gasteiger partial charge in [0.1, 0.15) is 5.75 Å². The van der Waals surface area contributed by atoms with Gasteiger partial charge in [0.25, 0.3) is 0 Å². The summed E-state index contributed by atoms with van der Waals surface area (Å²) in [6.07, 6.45) is -4.73. The molecule has 2 aromatic rings. The van der Waals surface area contributed by atoms with E-state index in [0.29, 0.717) is 5.69 Å². The number of rotatable bonds is 5. The molecule has 2 aromatic carbocycles. The van der Waals surface area contributed by atoms with Crippen LogP contribution in [0.1, 0.15) is 5.56 Å². The molecule has 0 saturated carbocycles. The Kier molecular flexibility index (Phi) is 5.54. The van der Waals surface area contributed by atoms with Crippen LogP contribution in [0.15, 0.2) is 53.4 Å². The molecule has 0 aliphatic carbocycles. The SMILES string of the molecule is Cc1ccccc1SCC(=O)Nc1ccc(OC(F)(F)F)cc1. The summed E-state index contributed by atoms with van der Waals surface area (Å²) in [7, 11) is 0. The molecule has 0 radical (unpaired) electrons. The largest absolute Gasteiger partial charge is 0.573 e. The maximum absolute atomic E-state index is 12.1. The van der Waals surface area contributed by atoms with E-state index in [4.69, 9.17) is 0 Å². The molecule has 23 heavy (non-hydrogen) atoms. The molecule has 3 nitrogen and oxygen atoms in total. The first-order valence-electron chi connectivity index (χ1n) is 6.67. The second-order valence-corrected chi connectivity index (χ2v) is 5.69. The maximum atomic E-state index is 12.1. The highest BCUT2D eigenvalue weighted by atomic mass is 32.2. The smallest absolute Gasteiger partial charge is 0.406 e. The third kappa shape index (κ3) is 5.86. The number of thioether (sulfide) groups is 1. The van der Waals surface area contributed by atoms with E-state index < -0.39 is 6.36 Å². The molecule has 0 aromatic heterocycles. The number of carbonyl (C=O) groups is 1. The van der Waals surface area contributed by atoms with Crippen molar-refractivity contribution in [3.8, 4) is 5.75 Å². The van der Waals surface area contributed by atoms with Gasteiger partial charge >= 0.3 is 6.36 Å². The number of amides is 1. The summed E-state index contributed by atoms with van der Waals surface area (Å²) in [6, 6.07) is 12.7. The highest BCUT2D eigenvalue weighted by Gasteiger charge is 2.30. The number of ether oxygens (including phenoxy) is 1. The van der Waals surface area contributed by atoms with E-state index in [-0.39, 0.29) is 17.4 Å². The summed E-state index contributed by atoms with van der Waals surface area (Å²) in [4.78, 5) is 12.9. The fraction of sp³-hybridized carbons (Fsp3) is 0.188. The summed E-state index contributed by atoms with van der Waals surface area (Å²) in [5.41, 5.74) is 1.49. The van der Waals surface area contributed by atoms with Gasteiger partial charge < -0.3 is 10.1 Å².